The summed E-state index contributed by atoms with van der Waals surface area (Å²) in [6.45, 7) is 12.7. The van der Waals surface area contributed by atoms with Crippen LogP contribution in [0, 0.1) is 11.3 Å². The largest absolute Gasteiger partial charge is 0.379 e. The Bertz CT molecular complexity index is 484. The lowest BCUT2D eigenvalue weighted by molar-refractivity contribution is 0.0770. The normalized spacial score (nSPS) is 11.7. The van der Waals surface area contributed by atoms with Gasteiger partial charge in [-0.05, 0) is 38.4 Å². The van der Waals surface area contributed by atoms with Gasteiger partial charge in [-0.3, -0.25) is 4.98 Å². The van der Waals surface area contributed by atoms with Crippen molar-refractivity contribution < 1.29 is 4.74 Å². The summed E-state index contributed by atoms with van der Waals surface area (Å²) < 4.78 is 5.49. The second kappa shape index (κ2) is 8.11. The SMILES string of the molecule is CC(C)OCCCNCc1cnc(C(C)(C)C)c(C#N)c1. The quantitative estimate of drug-likeness (QED) is 0.783. The van der Waals surface area contributed by atoms with E-state index in [1.165, 1.54) is 0 Å². The molecule has 0 aliphatic rings. The Morgan fingerprint density at radius 3 is 2.67 bits per heavy atom. The molecule has 0 radical (unpaired) electrons. The number of ether oxygens (including phenoxy) is 1. The number of nitriles is 1. The number of nitrogens with zero attached hydrogens (tertiary/aromatic N) is 2. The van der Waals surface area contributed by atoms with Crippen molar-refractivity contribution in [2.75, 3.05) is 13.2 Å². The lowest BCUT2D eigenvalue weighted by Gasteiger charge is -2.19. The maximum atomic E-state index is 9.27. The Kier molecular flexibility index (Phi) is 6.80. The van der Waals surface area contributed by atoms with Gasteiger partial charge in [0.25, 0.3) is 0 Å². The molecule has 0 saturated carbocycles. The van der Waals surface area contributed by atoms with Crippen molar-refractivity contribution in [3.8, 4) is 6.07 Å². The fourth-order valence-corrected chi connectivity index (χ4v) is 2.04. The minimum atomic E-state index is -0.106. The highest BCUT2D eigenvalue weighted by Gasteiger charge is 2.19. The molecule has 0 bridgehead atoms. The van der Waals surface area contributed by atoms with Crippen molar-refractivity contribution in [2.45, 2.75) is 59.1 Å². The summed E-state index contributed by atoms with van der Waals surface area (Å²) in [7, 11) is 0. The third kappa shape index (κ3) is 6.24. The van der Waals surface area contributed by atoms with Crippen LogP contribution in [0.5, 0.6) is 0 Å². The van der Waals surface area contributed by atoms with Crippen molar-refractivity contribution in [3.05, 3.63) is 29.1 Å². The van der Waals surface area contributed by atoms with Gasteiger partial charge in [0.1, 0.15) is 6.07 Å². The maximum Gasteiger partial charge on any atom is 0.101 e. The molecule has 1 aromatic rings. The molecular formula is C17H27N3O. The van der Waals surface area contributed by atoms with Gasteiger partial charge < -0.3 is 10.1 Å². The van der Waals surface area contributed by atoms with Crippen LogP contribution in [0.2, 0.25) is 0 Å². The highest BCUT2D eigenvalue weighted by molar-refractivity contribution is 5.39. The first-order chi connectivity index (χ1) is 9.84. The van der Waals surface area contributed by atoms with Crippen LogP contribution in [0.25, 0.3) is 0 Å². The Balaban J connectivity index is 2.49. The van der Waals surface area contributed by atoms with E-state index in [-0.39, 0.29) is 11.5 Å². The topological polar surface area (TPSA) is 57.9 Å². The van der Waals surface area contributed by atoms with Crippen LogP contribution in [-0.2, 0) is 16.7 Å². The van der Waals surface area contributed by atoms with Crippen molar-refractivity contribution in [3.63, 3.8) is 0 Å². The monoisotopic (exact) mass is 289 g/mol. The van der Waals surface area contributed by atoms with Gasteiger partial charge in [-0.15, -0.1) is 0 Å². The van der Waals surface area contributed by atoms with Gasteiger partial charge in [0.2, 0.25) is 0 Å². The molecule has 0 aromatic carbocycles. The van der Waals surface area contributed by atoms with Crippen molar-refractivity contribution >= 4 is 0 Å². The summed E-state index contributed by atoms with van der Waals surface area (Å²) in [5.74, 6) is 0. The molecule has 1 aromatic heterocycles. The van der Waals surface area contributed by atoms with E-state index in [0.29, 0.717) is 5.56 Å². The Hall–Kier alpha value is -1.44. The van der Waals surface area contributed by atoms with Gasteiger partial charge >= 0.3 is 0 Å². The average molecular weight is 289 g/mol. The van der Waals surface area contributed by atoms with E-state index in [1.807, 2.05) is 26.1 Å². The lowest BCUT2D eigenvalue weighted by Crippen LogP contribution is -2.19. The molecule has 4 nitrogen and oxygen atoms in total. The predicted octanol–water partition coefficient (Wildman–Crippen LogP) is 3.16. The second-order valence-corrected chi connectivity index (χ2v) is 6.55. The second-order valence-electron chi connectivity index (χ2n) is 6.55. The van der Waals surface area contributed by atoms with Gasteiger partial charge in [-0.2, -0.15) is 5.26 Å². The van der Waals surface area contributed by atoms with E-state index in [4.69, 9.17) is 4.74 Å². The van der Waals surface area contributed by atoms with E-state index in [0.717, 1.165) is 37.4 Å². The fraction of sp³-hybridized carbons (Fsp3) is 0.647. The number of nitrogens with one attached hydrogen (secondary N) is 1. The van der Waals surface area contributed by atoms with Crippen LogP contribution in [0.1, 0.15) is 57.9 Å². The highest BCUT2D eigenvalue weighted by Crippen LogP contribution is 2.23. The summed E-state index contributed by atoms with van der Waals surface area (Å²) in [5, 5.41) is 12.6. The predicted molar refractivity (Wildman–Crippen MR) is 85.1 cm³/mol. The van der Waals surface area contributed by atoms with E-state index in [1.54, 1.807) is 0 Å². The standard InChI is InChI=1S/C17H27N3O/c1-13(2)21-8-6-7-19-11-14-9-15(10-18)16(20-12-14)17(3,4)5/h9,12-13,19H,6-8,11H2,1-5H3. The fourth-order valence-electron chi connectivity index (χ4n) is 2.04. The minimum Gasteiger partial charge on any atom is -0.379 e. The lowest BCUT2D eigenvalue weighted by atomic mass is 9.88. The summed E-state index contributed by atoms with van der Waals surface area (Å²) in [5.41, 5.74) is 2.47. The van der Waals surface area contributed by atoms with Crippen LogP contribution in [0.3, 0.4) is 0 Å². The van der Waals surface area contributed by atoms with E-state index in [2.05, 4.69) is 37.1 Å². The third-order valence-corrected chi connectivity index (χ3v) is 3.05. The molecular weight excluding hydrogens is 262 g/mol. The Morgan fingerprint density at radius 1 is 1.38 bits per heavy atom. The van der Waals surface area contributed by atoms with Crippen molar-refractivity contribution in [1.29, 1.82) is 5.26 Å². The van der Waals surface area contributed by atoms with E-state index in [9.17, 15) is 5.26 Å². The van der Waals surface area contributed by atoms with Gasteiger partial charge in [-0.1, -0.05) is 20.8 Å². The molecule has 0 fully saturated rings. The zero-order chi connectivity index (χ0) is 15.9. The zero-order valence-corrected chi connectivity index (χ0v) is 13.9. The molecule has 0 aliphatic carbocycles. The molecule has 4 heteroatoms. The molecule has 0 unspecified atom stereocenters. The summed E-state index contributed by atoms with van der Waals surface area (Å²) in [6.07, 6.45) is 3.13. The number of aromatic nitrogens is 1. The van der Waals surface area contributed by atoms with Crippen LogP contribution in [0.15, 0.2) is 12.3 Å². The molecule has 1 rings (SSSR count). The molecule has 0 spiro atoms. The van der Waals surface area contributed by atoms with Crippen molar-refractivity contribution in [1.82, 2.24) is 10.3 Å². The molecule has 0 saturated heterocycles. The van der Waals surface area contributed by atoms with E-state index >= 15 is 0 Å². The first-order valence-electron chi connectivity index (χ1n) is 7.56. The first kappa shape index (κ1) is 17.6. The molecule has 1 N–H and O–H groups in total. The summed E-state index contributed by atoms with van der Waals surface area (Å²) in [4.78, 5) is 4.47. The average Bonchev–Trinajstić information content (AvgIpc) is 2.41. The molecule has 0 aliphatic heterocycles. The minimum absolute atomic E-state index is 0.106. The van der Waals surface area contributed by atoms with E-state index < -0.39 is 0 Å². The molecule has 21 heavy (non-hydrogen) atoms. The molecule has 0 amide bonds. The molecule has 116 valence electrons. The Morgan fingerprint density at radius 2 is 2.10 bits per heavy atom. The third-order valence-electron chi connectivity index (χ3n) is 3.05. The summed E-state index contributed by atoms with van der Waals surface area (Å²) >= 11 is 0. The number of pyridine rings is 1. The Labute approximate surface area is 128 Å². The van der Waals surface area contributed by atoms with Gasteiger partial charge in [-0.25, -0.2) is 0 Å². The van der Waals surface area contributed by atoms with Crippen LogP contribution in [-0.4, -0.2) is 24.2 Å². The number of rotatable bonds is 7. The first-order valence-corrected chi connectivity index (χ1v) is 7.56. The highest BCUT2D eigenvalue weighted by atomic mass is 16.5. The summed E-state index contributed by atoms with van der Waals surface area (Å²) in [6, 6.07) is 4.19. The zero-order valence-electron chi connectivity index (χ0n) is 13.9. The molecule has 1 heterocycles. The maximum absolute atomic E-state index is 9.27. The van der Waals surface area contributed by atoms with Crippen LogP contribution < -0.4 is 5.32 Å². The number of hydrogen-bond acceptors (Lipinski definition) is 4. The van der Waals surface area contributed by atoms with Gasteiger partial charge in [0.05, 0.1) is 17.4 Å². The van der Waals surface area contributed by atoms with Crippen LogP contribution in [0.4, 0.5) is 0 Å². The van der Waals surface area contributed by atoms with Crippen molar-refractivity contribution in [2.24, 2.45) is 0 Å². The van der Waals surface area contributed by atoms with Crippen LogP contribution >= 0.6 is 0 Å². The number of hydrogen-bond donors (Lipinski definition) is 1. The smallest absolute Gasteiger partial charge is 0.101 e. The molecule has 0 atom stereocenters. The van der Waals surface area contributed by atoms with Gasteiger partial charge in [0, 0.05) is 24.8 Å². The van der Waals surface area contributed by atoms with Gasteiger partial charge in [0.15, 0.2) is 0 Å².